The molecule has 0 unspecified atom stereocenters. The first-order valence-electron chi connectivity index (χ1n) is 9.32. The van der Waals surface area contributed by atoms with E-state index in [0.717, 1.165) is 22.4 Å². The summed E-state index contributed by atoms with van der Waals surface area (Å²) in [4.78, 5) is 17.2. The summed E-state index contributed by atoms with van der Waals surface area (Å²) < 4.78 is 1.39. The minimum atomic E-state index is -0.555. The lowest BCUT2D eigenvalue weighted by Crippen LogP contribution is -2.20. The number of nitrogens with zero attached hydrogens (tertiary/aromatic N) is 4. The van der Waals surface area contributed by atoms with Crippen molar-refractivity contribution in [2.24, 2.45) is 0 Å². The summed E-state index contributed by atoms with van der Waals surface area (Å²) in [6, 6.07) is 20.9. The Hall–Kier alpha value is -3.65. The second-order valence-electron chi connectivity index (χ2n) is 6.68. The first-order chi connectivity index (χ1) is 14.6. The second kappa shape index (κ2) is 8.79. The number of aromatic nitrogens is 4. The van der Waals surface area contributed by atoms with Crippen LogP contribution in [0.4, 0.5) is 5.69 Å². The highest BCUT2D eigenvalue weighted by molar-refractivity contribution is 8.00. The highest BCUT2D eigenvalue weighted by Gasteiger charge is 2.25. The van der Waals surface area contributed by atoms with Crippen LogP contribution in [0.5, 0.6) is 0 Å². The lowest BCUT2D eigenvalue weighted by atomic mass is 10.1. The number of nitrogen functional groups attached to an aromatic ring is 1. The highest BCUT2D eigenvalue weighted by atomic mass is 32.2. The molecule has 0 fully saturated rings. The summed E-state index contributed by atoms with van der Waals surface area (Å²) in [5.74, 6) is 6.56. The van der Waals surface area contributed by atoms with E-state index in [1.165, 1.54) is 16.4 Å². The minimum absolute atomic E-state index is 0.166. The van der Waals surface area contributed by atoms with Crippen molar-refractivity contribution in [1.29, 1.82) is 0 Å². The Morgan fingerprint density at radius 2 is 1.80 bits per heavy atom. The number of aryl methyl sites for hydroxylation is 1. The fourth-order valence-corrected chi connectivity index (χ4v) is 3.86. The van der Waals surface area contributed by atoms with Gasteiger partial charge in [-0.25, -0.2) is 4.68 Å². The molecule has 0 aliphatic rings. The van der Waals surface area contributed by atoms with E-state index >= 15 is 0 Å². The summed E-state index contributed by atoms with van der Waals surface area (Å²) in [7, 11) is 0. The first kappa shape index (κ1) is 19.7. The van der Waals surface area contributed by atoms with Crippen molar-refractivity contribution in [1.82, 2.24) is 19.9 Å². The molecule has 150 valence electrons. The van der Waals surface area contributed by atoms with E-state index in [0.29, 0.717) is 11.0 Å². The molecule has 0 aliphatic carbocycles. The number of nitrogens with two attached hydrogens (primary N) is 1. The summed E-state index contributed by atoms with van der Waals surface area (Å²) in [5.41, 5.74) is 3.45. The van der Waals surface area contributed by atoms with Gasteiger partial charge in [0.15, 0.2) is 5.82 Å². The molecule has 1 amide bonds. The summed E-state index contributed by atoms with van der Waals surface area (Å²) in [5, 5.41) is 11.2. The maximum Gasteiger partial charge on any atom is 0.242 e. The molecule has 8 heteroatoms. The number of carbonyl (C=O) groups is 1. The number of anilines is 1. The van der Waals surface area contributed by atoms with Crippen molar-refractivity contribution in [3.8, 4) is 11.4 Å². The van der Waals surface area contributed by atoms with Crippen molar-refractivity contribution in [3.63, 3.8) is 0 Å². The SMILES string of the molecule is Cc1ccc(NC(=O)[C@@H](Sc2nnc(-c3cccnc3)n2N)c2ccccc2)cc1. The first-order valence-corrected chi connectivity index (χ1v) is 10.2. The van der Waals surface area contributed by atoms with E-state index in [1.54, 1.807) is 18.5 Å². The number of hydrogen-bond donors (Lipinski definition) is 2. The van der Waals surface area contributed by atoms with Gasteiger partial charge in [-0.2, -0.15) is 0 Å². The van der Waals surface area contributed by atoms with E-state index in [-0.39, 0.29) is 5.91 Å². The molecule has 2 heterocycles. The topological polar surface area (TPSA) is 98.7 Å². The number of nitrogens with one attached hydrogen (secondary N) is 1. The third kappa shape index (κ3) is 4.33. The van der Waals surface area contributed by atoms with Gasteiger partial charge in [0.05, 0.1) is 0 Å². The number of amides is 1. The molecule has 0 bridgehead atoms. The van der Waals surface area contributed by atoms with Crippen LogP contribution >= 0.6 is 11.8 Å². The molecule has 30 heavy (non-hydrogen) atoms. The average Bonchev–Trinajstić information content (AvgIpc) is 3.15. The van der Waals surface area contributed by atoms with E-state index in [2.05, 4.69) is 20.5 Å². The number of rotatable bonds is 6. The lowest BCUT2D eigenvalue weighted by Gasteiger charge is -2.16. The van der Waals surface area contributed by atoms with Crippen LogP contribution in [0.15, 0.2) is 84.3 Å². The van der Waals surface area contributed by atoms with Gasteiger partial charge in [0.1, 0.15) is 5.25 Å². The highest BCUT2D eigenvalue weighted by Crippen LogP contribution is 2.36. The van der Waals surface area contributed by atoms with Gasteiger partial charge in [0, 0.05) is 23.6 Å². The van der Waals surface area contributed by atoms with Crippen LogP contribution in [0.25, 0.3) is 11.4 Å². The molecule has 4 aromatic rings. The zero-order valence-electron chi connectivity index (χ0n) is 16.3. The molecule has 1 atom stereocenters. The fourth-order valence-electron chi connectivity index (χ4n) is 2.90. The van der Waals surface area contributed by atoms with Gasteiger partial charge in [0.2, 0.25) is 11.1 Å². The Bertz CT molecular complexity index is 1130. The van der Waals surface area contributed by atoms with Gasteiger partial charge in [-0.15, -0.1) is 10.2 Å². The fraction of sp³-hybridized carbons (Fsp3) is 0.0909. The number of hydrogen-bond acceptors (Lipinski definition) is 6. The summed E-state index contributed by atoms with van der Waals surface area (Å²) in [6.45, 7) is 2.00. The van der Waals surface area contributed by atoms with Gasteiger partial charge < -0.3 is 11.2 Å². The van der Waals surface area contributed by atoms with Crippen LogP contribution in [0.2, 0.25) is 0 Å². The average molecular weight is 417 g/mol. The van der Waals surface area contributed by atoms with Crippen molar-refractivity contribution < 1.29 is 4.79 Å². The van der Waals surface area contributed by atoms with Crippen molar-refractivity contribution in [2.75, 3.05) is 11.2 Å². The lowest BCUT2D eigenvalue weighted by molar-refractivity contribution is -0.115. The molecule has 2 aromatic heterocycles. The van der Waals surface area contributed by atoms with Gasteiger partial charge in [0.25, 0.3) is 0 Å². The number of benzene rings is 2. The molecule has 0 aliphatic heterocycles. The second-order valence-corrected chi connectivity index (χ2v) is 7.75. The molecular formula is C22H20N6OS. The smallest absolute Gasteiger partial charge is 0.242 e. The van der Waals surface area contributed by atoms with E-state index in [1.807, 2.05) is 67.6 Å². The number of pyridine rings is 1. The molecule has 0 saturated heterocycles. The van der Waals surface area contributed by atoms with Crippen molar-refractivity contribution in [2.45, 2.75) is 17.3 Å². The third-order valence-electron chi connectivity index (χ3n) is 4.47. The zero-order valence-corrected chi connectivity index (χ0v) is 17.1. The molecule has 4 rings (SSSR count). The number of thioether (sulfide) groups is 1. The van der Waals surface area contributed by atoms with Gasteiger partial charge in [-0.1, -0.05) is 59.8 Å². The Balaban J connectivity index is 1.62. The van der Waals surface area contributed by atoms with Crippen LogP contribution < -0.4 is 11.2 Å². The molecule has 0 spiro atoms. The molecule has 2 aromatic carbocycles. The molecule has 3 N–H and O–H groups in total. The van der Waals surface area contributed by atoms with Crippen molar-refractivity contribution >= 4 is 23.4 Å². The normalized spacial score (nSPS) is 11.8. The quantitative estimate of drug-likeness (QED) is 0.366. The van der Waals surface area contributed by atoms with Gasteiger partial charge >= 0.3 is 0 Å². The van der Waals surface area contributed by atoms with Gasteiger partial charge in [-0.05, 0) is 36.8 Å². The minimum Gasteiger partial charge on any atom is -0.335 e. The van der Waals surface area contributed by atoms with Gasteiger partial charge in [-0.3, -0.25) is 9.78 Å². The van der Waals surface area contributed by atoms with E-state index < -0.39 is 5.25 Å². The summed E-state index contributed by atoms with van der Waals surface area (Å²) in [6.07, 6.45) is 3.35. The Morgan fingerprint density at radius 3 is 2.50 bits per heavy atom. The molecule has 0 radical (unpaired) electrons. The standard InChI is InChI=1S/C22H20N6OS/c1-15-9-11-18(12-10-15)25-21(29)19(16-6-3-2-4-7-16)30-22-27-26-20(28(22)23)17-8-5-13-24-14-17/h2-14,19H,23H2,1H3,(H,25,29)/t19-/m0/s1. The van der Waals surface area contributed by atoms with Crippen LogP contribution in [-0.4, -0.2) is 25.8 Å². The van der Waals surface area contributed by atoms with Crippen LogP contribution in [0.3, 0.4) is 0 Å². The largest absolute Gasteiger partial charge is 0.335 e. The Kier molecular flexibility index (Phi) is 5.76. The van der Waals surface area contributed by atoms with Crippen molar-refractivity contribution in [3.05, 3.63) is 90.3 Å². The maximum absolute atomic E-state index is 13.2. The van der Waals surface area contributed by atoms with E-state index in [9.17, 15) is 4.79 Å². The third-order valence-corrected chi connectivity index (χ3v) is 5.68. The molecule has 0 saturated carbocycles. The zero-order chi connectivity index (χ0) is 20.9. The number of carbonyl (C=O) groups excluding carboxylic acids is 1. The van der Waals surface area contributed by atoms with E-state index in [4.69, 9.17) is 5.84 Å². The van der Waals surface area contributed by atoms with Crippen LogP contribution in [0.1, 0.15) is 16.4 Å². The monoisotopic (exact) mass is 416 g/mol. The maximum atomic E-state index is 13.2. The molecule has 7 nitrogen and oxygen atoms in total. The summed E-state index contributed by atoms with van der Waals surface area (Å²) >= 11 is 1.25. The predicted molar refractivity (Wildman–Crippen MR) is 118 cm³/mol. The van der Waals surface area contributed by atoms with Crippen LogP contribution in [-0.2, 0) is 4.79 Å². The Morgan fingerprint density at radius 1 is 1.03 bits per heavy atom. The Labute approximate surface area is 178 Å². The van der Waals surface area contributed by atoms with Crippen LogP contribution in [0, 0.1) is 6.92 Å². The molecular weight excluding hydrogens is 396 g/mol. The predicted octanol–water partition coefficient (Wildman–Crippen LogP) is 3.83.